The van der Waals surface area contributed by atoms with Crippen LogP contribution in [0.4, 0.5) is 0 Å². The fourth-order valence-electron chi connectivity index (χ4n) is 1.29. The topological polar surface area (TPSA) is 70.0 Å². The van der Waals surface area contributed by atoms with Gasteiger partial charge in [-0.2, -0.15) is 5.26 Å². The highest BCUT2D eigenvalue weighted by molar-refractivity contribution is 9.11. The van der Waals surface area contributed by atoms with E-state index in [-0.39, 0.29) is 11.4 Å². The molecule has 1 N–H and O–H groups in total. The summed E-state index contributed by atoms with van der Waals surface area (Å²) < 4.78 is 27.8. The lowest BCUT2D eigenvalue weighted by molar-refractivity contribution is 0.579. The van der Waals surface area contributed by atoms with Gasteiger partial charge in [0.05, 0.1) is 11.0 Å². The van der Waals surface area contributed by atoms with Crippen molar-refractivity contribution in [2.45, 2.75) is 24.7 Å². The molecular formula is C11H12Br2N2O2S. The molecule has 18 heavy (non-hydrogen) atoms. The highest BCUT2D eigenvalue weighted by Gasteiger charge is 2.18. The molecule has 0 atom stereocenters. The lowest BCUT2D eigenvalue weighted by Gasteiger charge is -2.09. The standard InChI is InChI=1S/C11H12Br2N2O2S/c1-8-6-10(13)11(7-9(8)12)18(16,17)15-5-3-2-4-14/h6-7,15H,2-3,5H2,1H3. The number of halogens is 2. The van der Waals surface area contributed by atoms with Crippen molar-refractivity contribution in [2.24, 2.45) is 0 Å². The van der Waals surface area contributed by atoms with Crippen molar-refractivity contribution < 1.29 is 8.42 Å². The van der Waals surface area contributed by atoms with Crippen molar-refractivity contribution in [3.8, 4) is 6.07 Å². The Morgan fingerprint density at radius 3 is 2.61 bits per heavy atom. The summed E-state index contributed by atoms with van der Waals surface area (Å²) in [4.78, 5) is 0.192. The predicted octanol–water partition coefficient (Wildman–Crippen LogP) is 3.10. The van der Waals surface area contributed by atoms with Gasteiger partial charge >= 0.3 is 0 Å². The molecule has 0 radical (unpaired) electrons. The number of hydrogen-bond acceptors (Lipinski definition) is 3. The fourth-order valence-corrected chi connectivity index (χ4v) is 4.03. The van der Waals surface area contributed by atoms with Gasteiger partial charge in [-0.25, -0.2) is 13.1 Å². The molecule has 0 saturated heterocycles. The van der Waals surface area contributed by atoms with Gasteiger partial charge in [-0.05, 0) is 47.0 Å². The van der Waals surface area contributed by atoms with Crippen molar-refractivity contribution >= 4 is 41.9 Å². The van der Waals surface area contributed by atoms with Crippen molar-refractivity contribution in [1.82, 2.24) is 4.72 Å². The molecule has 1 aromatic rings. The van der Waals surface area contributed by atoms with E-state index in [4.69, 9.17) is 5.26 Å². The van der Waals surface area contributed by atoms with Crippen molar-refractivity contribution in [1.29, 1.82) is 5.26 Å². The molecule has 0 aromatic heterocycles. The lowest BCUT2D eigenvalue weighted by atomic mass is 10.2. The second-order valence-electron chi connectivity index (χ2n) is 3.69. The molecule has 0 aliphatic heterocycles. The van der Waals surface area contributed by atoms with Crippen LogP contribution in [0.15, 0.2) is 26.0 Å². The average molecular weight is 396 g/mol. The molecule has 1 rings (SSSR count). The molecule has 7 heteroatoms. The van der Waals surface area contributed by atoms with Crippen LogP contribution in [0.5, 0.6) is 0 Å². The fraction of sp³-hybridized carbons (Fsp3) is 0.364. The molecule has 0 amide bonds. The molecule has 0 heterocycles. The number of rotatable bonds is 5. The van der Waals surface area contributed by atoms with E-state index in [1.807, 2.05) is 13.0 Å². The monoisotopic (exact) mass is 394 g/mol. The van der Waals surface area contributed by atoms with Crippen LogP contribution >= 0.6 is 31.9 Å². The quantitative estimate of drug-likeness (QED) is 0.778. The Hall–Kier alpha value is -0.420. The zero-order valence-corrected chi connectivity index (χ0v) is 13.7. The number of benzene rings is 1. The van der Waals surface area contributed by atoms with Crippen molar-refractivity contribution in [2.75, 3.05) is 6.54 Å². The summed E-state index contributed by atoms with van der Waals surface area (Å²) in [6, 6.07) is 5.28. The van der Waals surface area contributed by atoms with Crippen LogP contribution in [0.2, 0.25) is 0 Å². The minimum atomic E-state index is -3.55. The maximum absolute atomic E-state index is 12.0. The number of hydrogen-bond donors (Lipinski definition) is 1. The van der Waals surface area contributed by atoms with Gasteiger partial charge in [0.25, 0.3) is 0 Å². The summed E-state index contributed by atoms with van der Waals surface area (Å²) in [5.74, 6) is 0. The second-order valence-corrected chi connectivity index (χ2v) is 7.14. The van der Waals surface area contributed by atoms with Gasteiger partial charge < -0.3 is 0 Å². The number of nitrogens with zero attached hydrogens (tertiary/aromatic N) is 1. The Morgan fingerprint density at radius 2 is 2.00 bits per heavy atom. The maximum atomic E-state index is 12.0. The van der Waals surface area contributed by atoms with Gasteiger partial charge in [-0.15, -0.1) is 0 Å². The molecule has 0 aliphatic carbocycles. The summed E-state index contributed by atoms with van der Waals surface area (Å²) in [5, 5.41) is 8.38. The van der Waals surface area contributed by atoms with Crippen LogP contribution in [0, 0.1) is 18.3 Å². The molecule has 98 valence electrons. The van der Waals surface area contributed by atoms with Gasteiger partial charge in [-0.3, -0.25) is 0 Å². The van der Waals surface area contributed by atoms with Crippen LogP contribution in [0.3, 0.4) is 0 Å². The molecule has 0 unspecified atom stereocenters. The van der Waals surface area contributed by atoms with Gasteiger partial charge in [0.2, 0.25) is 10.0 Å². The Labute approximate surface area is 124 Å². The zero-order chi connectivity index (χ0) is 13.8. The Bertz CT molecular complexity index is 579. The normalized spacial score (nSPS) is 11.2. The smallest absolute Gasteiger partial charge is 0.211 e. The molecular weight excluding hydrogens is 384 g/mol. The van der Waals surface area contributed by atoms with Gasteiger partial charge in [0, 0.05) is 21.9 Å². The first-order valence-corrected chi connectivity index (χ1v) is 8.27. The number of unbranched alkanes of at least 4 members (excludes halogenated alkanes) is 1. The zero-order valence-electron chi connectivity index (χ0n) is 9.70. The van der Waals surface area contributed by atoms with Crippen molar-refractivity contribution in [3.05, 3.63) is 26.6 Å². The Balaban J connectivity index is 2.92. The van der Waals surface area contributed by atoms with E-state index in [0.29, 0.717) is 17.3 Å². The number of nitriles is 1. The first kappa shape index (κ1) is 15.6. The highest BCUT2D eigenvalue weighted by Crippen LogP contribution is 2.28. The van der Waals surface area contributed by atoms with Crippen molar-refractivity contribution in [3.63, 3.8) is 0 Å². The third kappa shape index (κ3) is 4.05. The van der Waals surface area contributed by atoms with E-state index in [1.165, 1.54) is 0 Å². The SMILES string of the molecule is Cc1cc(Br)c(S(=O)(=O)NCCCC#N)cc1Br. The van der Waals surface area contributed by atoms with Gasteiger partial charge in [0.1, 0.15) is 0 Å². The minimum Gasteiger partial charge on any atom is -0.211 e. The minimum absolute atomic E-state index is 0.192. The summed E-state index contributed by atoms with van der Waals surface area (Å²) in [6.07, 6.45) is 0.835. The van der Waals surface area contributed by atoms with Gasteiger partial charge in [0.15, 0.2) is 0 Å². The predicted molar refractivity (Wildman–Crippen MR) is 76.6 cm³/mol. The van der Waals surface area contributed by atoms with E-state index in [2.05, 4.69) is 36.6 Å². The first-order chi connectivity index (χ1) is 8.38. The van der Waals surface area contributed by atoms with E-state index in [0.717, 1.165) is 10.0 Å². The summed E-state index contributed by atoms with van der Waals surface area (Å²) in [5.41, 5.74) is 0.949. The van der Waals surface area contributed by atoms with E-state index in [9.17, 15) is 8.42 Å². The van der Waals surface area contributed by atoms with Crippen LogP contribution < -0.4 is 4.72 Å². The van der Waals surface area contributed by atoms with Crippen LogP contribution in [0.1, 0.15) is 18.4 Å². The Morgan fingerprint density at radius 1 is 1.33 bits per heavy atom. The summed E-state index contributed by atoms with van der Waals surface area (Å²) >= 11 is 6.56. The molecule has 1 aromatic carbocycles. The van der Waals surface area contributed by atoms with E-state index in [1.54, 1.807) is 12.1 Å². The Kier molecular flexibility index (Phi) is 5.79. The molecule has 0 fully saturated rings. The molecule has 0 bridgehead atoms. The maximum Gasteiger partial charge on any atom is 0.241 e. The van der Waals surface area contributed by atoms with Crippen LogP contribution in [-0.2, 0) is 10.0 Å². The molecule has 0 saturated carbocycles. The largest absolute Gasteiger partial charge is 0.241 e. The lowest BCUT2D eigenvalue weighted by Crippen LogP contribution is -2.25. The summed E-state index contributed by atoms with van der Waals surface area (Å²) in [6.45, 7) is 2.14. The van der Waals surface area contributed by atoms with Gasteiger partial charge in [-0.1, -0.05) is 15.9 Å². The molecule has 0 aliphatic rings. The van der Waals surface area contributed by atoms with Crippen LogP contribution in [-0.4, -0.2) is 15.0 Å². The van der Waals surface area contributed by atoms with E-state index >= 15 is 0 Å². The van der Waals surface area contributed by atoms with Crippen LogP contribution in [0.25, 0.3) is 0 Å². The number of sulfonamides is 1. The summed E-state index contributed by atoms with van der Waals surface area (Å²) in [7, 11) is -3.55. The third-order valence-corrected chi connectivity index (χ3v) is 5.53. The van der Waals surface area contributed by atoms with E-state index < -0.39 is 10.0 Å². The average Bonchev–Trinajstić information content (AvgIpc) is 2.29. The highest BCUT2D eigenvalue weighted by atomic mass is 79.9. The first-order valence-electron chi connectivity index (χ1n) is 5.20. The number of aryl methyl sites for hydroxylation is 1. The number of nitrogens with one attached hydrogen (secondary N) is 1. The third-order valence-electron chi connectivity index (χ3n) is 2.26. The molecule has 0 spiro atoms. The second kappa shape index (κ2) is 6.66. The molecule has 4 nitrogen and oxygen atoms in total.